The highest BCUT2D eigenvalue weighted by Gasteiger charge is 2.09. The smallest absolute Gasteiger partial charge is 0.339 e. The van der Waals surface area contributed by atoms with Crippen molar-refractivity contribution in [2.45, 2.75) is 0 Å². The summed E-state index contributed by atoms with van der Waals surface area (Å²) in [6, 6.07) is 9.10. The highest BCUT2D eigenvalue weighted by molar-refractivity contribution is 6.42. The molecule has 2 N–H and O–H groups in total. The van der Waals surface area contributed by atoms with Crippen LogP contribution in [0.1, 0.15) is 15.9 Å². The number of rotatable bonds is 3. The van der Waals surface area contributed by atoms with Gasteiger partial charge in [-0.25, -0.2) is 4.79 Å². The van der Waals surface area contributed by atoms with Crippen LogP contribution in [0, 0.1) is 0 Å². The van der Waals surface area contributed by atoms with Crippen molar-refractivity contribution in [3.05, 3.63) is 57.6 Å². The number of phenols is 1. The summed E-state index contributed by atoms with van der Waals surface area (Å²) in [5.74, 6) is -1.49. The highest BCUT2D eigenvalue weighted by Crippen LogP contribution is 2.26. The molecule has 0 heterocycles. The zero-order valence-electron chi connectivity index (χ0n) is 10.0. The van der Waals surface area contributed by atoms with Crippen LogP contribution in [0.25, 0.3) is 0 Å². The minimum absolute atomic E-state index is 0.178. The van der Waals surface area contributed by atoms with Crippen molar-refractivity contribution < 1.29 is 15.0 Å². The first-order valence-electron chi connectivity index (χ1n) is 5.53. The van der Waals surface area contributed by atoms with E-state index >= 15 is 0 Å². The lowest BCUT2D eigenvalue weighted by molar-refractivity contribution is 0.0693. The summed E-state index contributed by atoms with van der Waals surface area (Å²) in [4.78, 5) is 15.1. The maximum Gasteiger partial charge on any atom is 0.339 e. The number of hydrogen-bond acceptors (Lipinski definition) is 3. The first-order chi connectivity index (χ1) is 9.47. The number of aromatic hydroxyl groups is 1. The molecule has 0 aliphatic heterocycles. The quantitative estimate of drug-likeness (QED) is 0.837. The molecule has 0 saturated heterocycles. The molecule has 0 aromatic heterocycles. The largest absolute Gasteiger partial charge is 0.507 e. The number of benzene rings is 2. The van der Waals surface area contributed by atoms with E-state index in [-0.39, 0.29) is 11.3 Å². The lowest BCUT2D eigenvalue weighted by atomic mass is 10.1. The van der Waals surface area contributed by atoms with Crippen molar-refractivity contribution in [2.75, 3.05) is 0 Å². The third-order valence-electron chi connectivity index (χ3n) is 2.52. The summed E-state index contributed by atoms with van der Waals surface area (Å²) in [6.45, 7) is 0. The molecule has 0 amide bonds. The predicted molar refractivity (Wildman–Crippen MR) is 78.8 cm³/mol. The lowest BCUT2D eigenvalue weighted by Gasteiger charge is -2.01. The number of carbonyl (C=O) groups is 1. The Kier molecular flexibility index (Phi) is 4.27. The molecule has 0 spiro atoms. The highest BCUT2D eigenvalue weighted by atomic mass is 35.5. The van der Waals surface area contributed by atoms with E-state index in [0.29, 0.717) is 21.3 Å². The fraction of sp³-hybridized carbons (Fsp3) is 0. The van der Waals surface area contributed by atoms with Crippen LogP contribution in [-0.4, -0.2) is 22.4 Å². The van der Waals surface area contributed by atoms with Crippen molar-refractivity contribution in [3.63, 3.8) is 0 Å². The summed E-state index contributed by atoms with van der Waals surface area (Å²) in [7, 11) is 0. The molecule has 2 aromatic rings. The lowest BCUT2D eigenvalue weighted by Crippen LogP contribution is -1.97. The van der Waals surface area contributed by atoms with Gasteiger partial charge in [-0.15, -0.1) is 0 Å². The van der Waals surface area contributed by atoms with E-state index < -0.39 is 5.97 Å². The Morgan fingerprint density at radius 2 is 1.85 bits per heavy atom. The van der Waals surface area contributed by atoms with Crippen molar-refractivity contribution in [1.82, 2.24) is 0 Å². The topological polar surface area (TPSA) is 69.9 Å². The average Bonchev–Trinajstić information content (AvgIpc) is 2.41. The average molecular weight is 310 g/mol. The fourth-order valence-corrected chi connectivity index (χ4v) is 1.81. The molecule has 2 aromatic carbocycles. The van der Waals surface area contributed by atoms with E-state index in [1.165, 1.54) is 18.3 Å². The minimum atomic E-state index is -1.20. The molecule has 0 unspecified atom stereocenters. The molecule has 0 fully saturated rings. The van der Waals surface area contributed by atoms with Gasteiger partial charge in [0.25, 0.3) is 0 Å². The van der Waals surface area contributed by atoms with Gasteiger partial charge in [-0.3, -0.25) is 4.99 Å². The Labute approximate surface area is 124 Å². The second kappa shape index (κ2) is 5.94. The molecule has 4 nitrogen and oxygen atoms in total. The molecule has 0 bridgehead atoms. The molecule has 0 atom stereocenters. The summed E-state index contributed by atoms with van der Waals surface area (Å²) < 4.78 is 0. The monoisotopic (exact) mass is 309 g/mol. The van der Waals surface area contributed by atoms with Crippen molar-refractivity contribution in [3.8, 4) is 5.75 Å². The van der Waals surface area contributed by atoms with Crippen LogP contribution in [0.15, 0.2) is 41.4 Å². The normalized spacial score (nSPS) is 10.9. The minimum Gasteiger partial charge on any atom is -0.507 e. The first-order valence-corrected chi connectivity index (χ1v) is 6.28. The van der Waals surface area contributed by atoms with Crippen molar-refractivity contribution in [2.24, 2.45) is 4.99 Å². The van der Waals surface area contributed by atoms with Gasteiger partial charge in [0.05, 0.1) is 15.7 Å². The number of carboxylic acids is 1. The van der Waals surface area contributed by atoms with E-state index in [9.17, 15) is 9.90 Å². The van der Waals surface area contributed by atoms with E-state index in [1.807, 2.05) is 0 Å². The number of hydrogen-bond donors (Lipinski definition) is 2. The molecule has 2 rings (SSSR count). The summed E-state index contributed by atoms with van der Waals surface area (Å²) in [6.07, 6.45) is 1.48. The molecule has 6 heteroatoms. The second-order valence-electron chi connectivity index (χ2n) is 3.94. The standard InChI is InChI=1S/C14H9Cl2NO3/c15-11-3-2-9(6-12(11)16)17-7-8-1-4-13(18)10(5-8)14(19)20/h1-7,18H,(H,19,20). The SMILES string of the molecule is O=C(O)c1cc(C=Nc2ccc(Cl)c(Cl)c2)ccc1O. The van der Waals surface area contributed by atoms with Gasteiger partial charge in [-0.05, 0) is 42.0 Å². The second-order valence-corrected chi connectivity index (χ2v) is 4.75. The molecule has 0 aliphatic carbocycles. The summed E-state index contributed by atoms with van der Waals surface area (Å²) >= 11 is 11.7. The van der Waals surface area contributed by atoms with Gasteiger partial charge in [0.2, 0.25) is 0 Å². The number of aromatic carboxylic acids is 1. The Bertz CT molecular complexity index is 699. The summed E-state index contributed by atoms with van der Waals surface area (Å²) in [5, 5.41) is 19.1. The van der Waals surface area contributed by atoms with E-state index in [1.54, 1.807) is 24.3 Å². The molecular formula is C14H9Cl2NO3. The molecular weight excluding hydrogens is 301 g/mol. The fourth-order valence-electron chi connectivity index (χ4n) is 1.52. The molecule has 20 heavy (non-hydrogen) atoms. The van der Waals surface area contributed by atoms with Crippen LogP contribution in [0.4, 0.5) is 5.69 Å². The van der Waals surface area contributed by atoms with Crippen LogP contribution in [0.3, 0.4) is 0 Å². The van der Waals surface area contributed by atoms with Gasteiger partial charge >= 0.3 is 5.97 Å². The van der Waals surface area contributed by atoms with Crippen LogP contribution < -0.4 is 0 Å². The zero-order valence-corrected chi connectivity index (χ0v) is 11.6. The van der Waals surface area contributed by atoms with Gasteiger partial charge in [-0.1, -0.05) is 23.2 Å². The van der Waals surface area contributed by atoms with Crippen LogP contribution in [0.5, 0.6) is 5.75 Å². The van der Waals surface area contributed by atoms with Gasteiger partial charge in [0.15, 0.2) is 0 Å². The third-order valence-corrected chi connectivity index (χ3v) is 3.26. The third kappa shape index (κ3) is 3.29. The Balaban J connectivity index is 2.29. The van der Waals surface area contributed by atoms with Crippen LogP contribution in [0.2, 0.25) is 10.0 Å². The Hall–Kier alpha value is -2.04. The maximum absolute atomic E-state index is 10.9. The number of aliphatic imine (C=N–C) groups is 1. The zero-order chi connectivity index (χ0) is 14.7. The van der Waals surface area contributed by atoms with E-state index in [0.717, 1.165) is 0 Å². The Morgan fingerprint density at radius 3 is 2.50 bits per heavy atom. The van der Waals surface area contributed by atoms with Crippen molar-refractivity contribution in [1.29, 1.82) is 0 Å². The first kappa shape index (κ1) is 14.4. The van der Waals surface area contributed by atoms with Crippen molar-refractivity contribution >= 4 is 41.1 Å². The van der Waals surface area contributed by atoms with Crippen LogP contribution >= 0.6 is 23.2 Å². The van der Waals surface area contributed by atoms with Gasteiger partial charge in [-0.2, -0.15) is 0 Å². The van der Waals surface area contributed by atoms with Gasteiger partial charge in [0.1, 0.15) is 11.3 Å². The van der Waals surface area contributed by atoms with Crippen LogP contribution in [-0.2, 0) is 0 Å². The van der Waals surface area contributed by atoms with E-state index in [4.69, 9.17) is 28.3 Å². The molecule has 102 valence electrons. The summed E-state index contributed by atoms with van der Waals surface area (Å²) in [5.41, 5.74) is 0.957. The van der Waals surface area contributed by atoms with Gasteiger partial charge in [0, 0.05) is 6.21 Å². The number of nitrogens with zero attached hydrogens (tertiary/aromatic N) is 1. The maximum atomic E-state index is 10.9. The predicted octanol–water partition coefficient (Wildman–Crippen LogP) is 4.15. The Morgan fingerprint density at radius 1 is 1.10 bits per heavy atom. The number of carboxylic acid groups (broad SMARTS) is 1. The van der Waals surface area contributed by atoms with E-state index in [2.05, 4.69) is 4.99 Å². The molecule has 0 saturated carbocycles. The molecule has 0 aliphatic rings. The number of halogens is 2. The van der Waals surface area contributed by atoms with Gasteiger partial charge < -0.3 is 10.2 Å². The molecule has 0 radical (unpaired) electrons.